The van der Waals surface area contributed by atoms with Crippen molar-refractivity contribution in [3.05, 3.63) is 71.9 Å². The molecule has 134 valence electrons. The van der Waals surface area contributed by atoms with Gasteiger partial charge in [-0.15, -0.1) is 0 Å². The third kappa shape index (κ3) is 4.30. The number of nitrogens with one attached hydrogen (secondary N) is 2. The summed E-state index contributed by atoms with van der Waals surface area (Å²) in [5, 5.41) is 9.90. The fourth-order valence-corrected chi connectivity index (χ4v) is 2.60. The molecule has 3 aromatic rings. The van der Waals surface area contributed by atoms with Crippen molar-refractivity contribution in [1.82, 2.24) is 15.5 Å². The van der Waals surface area contributed by atoms with Crippen molar-refractivity contribution in [3.8, 4) is 17.0 Å². The van der Waals surface area contributed by atoms with Crippen molar-refractivity contribution < 1.29 is 9.53 Å². The van der Waals surface area contributed by atoms with Crippen LogP contribution in [0.4, 0.5) is 0 Å². The predicted molar refractivity (Wildman–Crippen MR) is 102 cm³/mol. The normalized spacial score (nSPS) is 10.7. The molecular formula is C21H23N3O2. The maximum atomic E-state index is 12.6. The highest BCUT2D eigenvalue weighted by Gasteiger charge is 2.15. The summed E-state index contributed by atoms with van der Waals surface area (Å²) < 4.78 is 5.84. The van der Waals surface area contributed by atoms with Gasteiger partial charge in [0.2, 0.25) is 0 Å². The Labute approximate surface area is 153 Å². The maximum Gasteiger partial charge on any atom is 0.255 e. The first-order valence-corrected chi connectivity index (χ1v) is 8.73. The number of aromatic nitrogens is 2. The van der Waals surface area contributed by atoms with E-state index in [-0.39, 0.29) is 5.91 Å². The Morgan fingerprint density at radius 3 is 2.62 bits per heavy atom. The molecule has 5 heteroatoms. The number of hydrogen-bond acceptors (Lipinski definition) is 3. The van der Waals surface area contributed by atoms with Gasteiger partial charge in [-0.2, -0.15) is 5.10 Å². The minimum atomic E-state index is -0.170. The van der Waals surface area contributed by atoms with Crippen LogP contribution >= 0.6 is 0 Å². The van der Waals surface area contributed by atoms with Crippen LogP contribution in [-0.4, -0.2) is 22.7 Å². The van der Waals surface area contributed by atoms with E-state index >= 15 is 0 Å². The molecule has 0 aliphatic rings. The first kappa shape index (κ1) is 17.7. The average Bonchev–Trinajstić information content (AvgIpc) is 3.15. The molecule has 0 saturated carbocycles. The number of H-pyrrole nitrogens is 1. The minimum Gasteiger partial charge on any atom is -0.493 e. The fraction of sp³-hybridized carbons (Fsp3) is 0.238. The smallest absolute Gasteiger partial charge is 0.255 e. The van der Waals surface area contributed by atoms with Gasteiger partial charge in [-0.3, -0.25) is 9.89 Å². The van der Waals surface area contributed by atoms with Crippen molar-refractivity contribution in [2.24, 2.45) is 5.92 Å². The van der Waals surface area contributed by atoms with Crippen molar-refractivity contribution in [2.75, 3.05) is 6.61 Å². The maximum absolute atomic E-state index is 12.6. The number of amides is 1. The highest BCUT2D eigenvalue weighted by atomic mass is 16.5. The van der Waals surface area contributed by atoms with Gasteiger partial charge in [-0.25, -0.2) is 0 Å². The SMILES string of the molecule is CC(C)COc1ccccc1CNC(=O)c1cn[nH]c1-c1ccccc1. The molecule has 1 aromatic heterocycles. The number of benzene rings is 2. The second-order valence-electron chi connectivity index (χ2n) is 6.52. The van der Waals surface area contributed by atoms with E-state index in [1.807, 2.05) is 54.6 Å². The molecule has 1 amide bonds. The average molecular weight is 349 g/mol. The van der Waals surface area contributed by atoms with Gasteiger partial charge in [0.05, 0.1) is 24.1 Å². The largest absolute Gasteiger partial charge is 0.493 e. The van der Waals surface area contributed by atoms with E-state index in [0.29, 0.717) is 30.3 Å². The van der Waals surface area contributed by atoms with Crippen LogP contribution in [0.15, 0.2) is 60.8 Å². The Kier molecular flexibility index (Phi) is 5.69. The quantitative estimate of drug-likeness (QED) is 0.676. The zero-order chi connectivity index (χ0) is 18.4. The van der Waals surface area contributed by atoms with Crippen LogP contribution in [0.5, 0.6) is 5.75 Å². The highest BCUT2D eigenvalue weighted by molar-refractivity contribution is 5.99. The summed E-state index contributed by atoms with van der Waals surface area (Å²) in [6, 6.07) is 17.5. The van der Waals surface area contributed by atoms with Crippen molar-refractivity contribution >= 4 is 5.91 Å². The Balaban J connectivity index is 1.70. The number of carbonyl (C=O) groups excluding carboxylic acids is 1. The lowest BCUT2D eigenvalue weighted by atomic mass is 10.1. The molecular weight excluding hydrogens is 326 g/mol. The molecule has 1 heterocycles. The number of carbonyl (C=O) groups is 1. The molecule has 0 aliphatic carbocycles. The second-order valence-corrected chi connectivity index (χ2v) is 6.52. The van der Waals surface area contributed by atoms with E-state index in [0.717, 1.165) is 16.9 Å². The van der Waals surface area contributed by atoms with Crippen LogP contribution in [0.25, 0.3) is 11.3 Å². The van der Waals surface area contributed by atoms with Crippen LogP contribution in [0.2, 0.25) is 0 Å². The zero-order valence-electron chi connectivity index (χ0n) is 15.0. The Bertz CT molecular complexity index is 856. The highest BCUT2D eigenvalue weighted by Crippen LogP contribution is 2.22. The van der Waals surface area contributed by atoms with Crippen LogP contribution < -0.4 is 10.1 Å². The zero-order valence-corrected chi connectivity index (χ0v) is 15.0. The molecule has 26 heavy (non-hydrogen) atoms. The number of rotatable bonds is 7. The molecule has 2 aromatic carbocycles. The summed E-state index contributed by atoms with van der Waals surface area (Å²) in [6.45, 7) is 5.25. The van der Waals surface area contributed by atoms with Gasteiger partial charge in [0, 0.05) is 17.7 Å². The van der Waals surface area contributed by atoms with Crippen LogP contribution in [0, 0.1) is 5.92 Å². The molecule has 0 radical (unpaired) electrons. The third-order valence-electron chi connectivity index (χ3n) is 3.93. The molecule has 5 nitrogen and oxygen atoms in total. The lowest BCUT2D eigenvalue weighted by Gasteiger charge is -2.13. The van der Waals surface area contributed by atoms with Gasteiger partial charge in [-0.05, 0) is 12.0 Å². The van der Waals surface area contributed by atoms with E-state index in [2.05, 4.69) is 29.4 Å². The van der Waals surface area contributed by atoms with Gasteiger partial charge < -0.3 is 10.1 Å². The number of aromatic amines is 1. The number of nitrogens with zero attached hydrogens (tertiary/aromatic N) is 1. The van der Waals surface area contributed by atoms with E-state index in [1.54, 1.807) is 6.20 Å². The first-order chi connectivity index (χ1) is 12.6. The molecule has 0 saturated heterocycles. The summed E-state index contributed by atoms with van der Waals surface area (Å²) in [5.41, 5.74) is 3.12. The molecule has 0 unspecified atom stereocenters. The Morgan fingerprint density at radius 1 is 1.12 bits per heavy atom. The fourth-order valence-electron chi connectivity index (χ4n) is 2.60. The topological polar surface area (TPSA) is 67.0 Å². The van der Waals surface area contributed by atoms with Crippen molar-refractivity contribution in [2.45, 2.75) is 20.4 Å². The number of para-hydroxylation sites is 1. The summed E-state index contributed by atoms with van der Waals surface area (Å²) in [6.07, 6.45) is 1.55. The van der Waals surface area contributed by atoms with Gasteiger partial charge in [-0.1, -0.05) is 62.4 Å². The van der Waals surface area contributed by atoms with Gasteiger partial charge in [0.1, 0.15) is 5.75 Å². The molecule has 0 spiro atoms. The predicted octanol–water partition coefficient (Wildman–Crippen LogP) is 4.04. The van der Waals surface area contributed by atoms with E-state index in [1.165, 1.54) is 0 Å². The first-order valence-electron chi connectivity index (χ1n) is 8.73. The molecule has 2 N–H and O–H groups in total. The molecule has 0 aliphatic heterocycles. The van der Waals surface area contributed by atoms with Gasteiger partial charge in [0.15, 0.2) is 0 Å². The van der Waals surface area contributed by atoms with Gasteiger partial charge in [0.25, 0.3) is 5.91 Å². The van der Waals surface area contributed by atoms with E-state index in [4.69, 9.17) is 4.74 Å². The van der Waals surface area contributed by atoms with Crippen LogP contribution in [0.3, 0.4) is 0 Å². The minimum absolute atomic E-state index is 0.170. The van der Waals surface area contributed by atoms with E-state index < -0.39 is 0 Å². The standard InChI is InChI=1S/C21H23N3O2/c1-15(2)14-26-19-11-7-6-10-17(19)12-22-21(25)18-13-23-24-20(18)16-8-4-3-5-9-16/h3-11,13,15H,12,14H2,1-2H3,(H,22,25)(H,23,24). The lowest BCUT2D eigenvalue weighted by molar-refractivity contribution is 0.0951. The monoisotopic (exact) mass is 349 g/mol. The third-order valence-corrected chi connectivity index (χ3v) is 3.93. The lowest BCUT2D eigenvalue weighted by Crippen LogP contribution is -2.23. The van der Waals surface area contributed by atoms with Crippen LogP contribution in [-0.2, 0) is 6.54 Å². The molecule has 3 rings (SSSR count). The Hall–Kier alpha value is -3.08. The van der Waals surface area contributed by atoms with Gasteiger partial charge >= 0.3 is 0 Å². The number of ether oxygens (including phenoxy) is 1. The summed E-state index contributed by atoms with van der Waals surface area (Å²) in [4.78, 5) is 12.6. The molecule has 0 atom stereocenters. The summed E-state index contributed by atoms with van der Waals surface area (Å²) in [5.74, 6) is 1.07. The van der Waals surface area contributed by atoms with E-state index in [9.17, 15) is 4.79 Å². The number of hydrogen-bond donors (Lipinski definition) is 2. The molecule has 0 fully saturated rings. The van der Waals surface area contributed by atoms with Crippen molar-refractivity contribution in [3.63, 3.8) is 0 Å². The second kappa shape index (κ2) is 8.34. The summed E-state index contributed by atoms with van der Waals surface area (Å²) in [7, 11) is 0. The van der Waals surface area contributed by atoms with Crippen molar-refractivity contribution in [1.29, 1.82) is 0 Å². The molecule has 0 bridgehead atoms. The summed E-state index contributed by atoms with van der Waals surface area (Å²) >= 11 is 0. The van der Waals surface area contributed by atoms with Crippen LogP contribution in [0.1, 0.15) is 29.8 Å². The Morgan fingerprint density at radius 2 is 1.85 bits per heavy atom.